The molecule has 0 saturated carbocycles. The molecular formula is C17H20N4O2. The summed E-state index contributed by atoms with van der Waals surface area (Å²) in [6.45, 7) is 5.78. The van der Waals surface area contributed by atoms with Crippen LogP contribution in [-0.2, 0) is 6.54 Å². The van der Waals surface area contributed by atoms with Crippen LogP contribution in [-0.4, -0.2) is 26.6 Å². The van der Waals surface area contributed by atoms with Crippen LogP contribution in [0.5, 0.6) is 0 Å². The Morgan fingerprint density at radius 3 is 2.91 bits per heavy atom. The first-order valence-corrected chi connectivity index (χ1v) is 8.12. The number of rotatable bonds is 4. The van der Waals surface area contributed by atoms with Gasteiger partial charge in [0, 0.05) is 5.92 Å². The van der Waals surface area contributed by atoms with Crippen molar-refractivity contribution >= 4 is 11.1 Å². The number of hydrogen-bond acceptors (Lipinski definition) is 6. The van der Waals surface area contributed by atoms with Crippen LogP contribution in [0.15, 0.2) is 33.2 Å². The van der Waals surface area contributed by atoms with E-state index in [1.165, 1.54) is 0 Å². The Morgan fingerprint density at radius 1 is 1.26 bits per heavy atom. The number of nitrogens with zero attached hydrogens (tertiary/aromatic N) is 4. The molecule has 0 N–H and O–H groups in total. The Morgan fingerprint density at radius 2 is 2.13 bits per heavy atom. The molecule has 1 atom stereocenters. The highest BCUT2D eigenvalue weighted by atomic mass is 16.5. The van der Waals surface area contributed by atoms with Crippen LogP contribution in [0.25, 0.3) is 11.1 Å². The van der Waals surface area contributed by atoms with E-state index >= 15 is 0 Å². The summed E-state index contributed by atoms with van der Waals surface area (Å²) in [6, 6.07) is 8.03. The third-order valence-corrected chi connectivity index (χ3v) is 4.29. The van der Waals surface area contributed by atoms with Crippen LogP contribution < -0.4 is 0 Å². The minimum absolute atomic E-state index is 0.182. The zero-order valence-electron chi connectivity index (χ0n) is 13.4. The van der Waals surface area contributed by atoms with Gasteiger partial charge in [0.15, 0.2) is 11.4 Å². The van der Waals surface area contributed by atoms with Gasteiger partial charge in [0.05, 0.1) is 12.6 Å². The van der Waals surface area contributed by atoms with E-state index in [9.17, 15) is 0 Å². The largest absolute Gasteiger partial charge is 0.439 e. The molecule has 1 fully saturated rings. The van der Waals surface area contributed by atoms with Crippen molar-refractivity contribution < 1.29 is 8.94 Å². The Labute approximate surface area is 134 Å². The number of oxazole rings is 1. The highest BCUT2D eigenvalue weighted by Crippen LogP contribution is 2.32. The molecule has 0 amide bonds. The summed E-state index contributed by atoms with van der Waals surface area (Å²) in [5.74, 6) is 2.48. The fraction of sp³-hybridized carbons (Fsp3) is 0.471. The molecule has 0 spiro atoms. The van der Waals surface area contributed by atoms with Gasteiger partial charge in [-0.3, -0.25) is 4.90 Å². The quantitative estimate of drug-likeness (QED) is 0.732. The molecule has 1 aliphatic rings. The van der Waals surface area contributed by atoms with E-state index in [0.29, 0.717) is 12.4 Å². The van der Waals surface area contributed by atoms with Crippen molar-refractivity contribution in [2.75, 3.05) is 6.54 Å². The summed E-state index contributed by atoms with van der Waals surface area (Å²) in [5.41, 5.74) is 1.74. The number of para-hydroxylation sites is 2. The average Bonchev–Trinajstić information content (AvgIpc) is 3.25. The molecule has 0 aliphatic carbocycles. The van der Waals surface area contributed by atoms with Crippen molar-refractivity contribution in [1.82, 2.24) is 20.0 Å². The molecule has 6 nitrogen and oxygen atoms in total. The monoisotopic (exact) mass is 312 g/mol. The predicted octanol–water partition coefficient (Wildman–Crippen LogP) is 3.67. The molecule has 23 heavy (non-hydrogen) atoms. The molecule has 120 valence electrons. The molecule has 0 bridgehead atoms. The normalized spacial score (nSPS) is 19.2. The average molecular weight is 312 g/mol. The lowest BCUT2D eigenvalue weighted by Gasteiger charge is -2.19. The molecular weight excluding hydrogens is 292 g/mol. The maximum atomic E-state index is 5.84. The second-order valence-electron chi connectivity index (χ2n) is 6.35. The second-order valence-corrected chi connectivity index (χ2v) is 6.35. The van der Waals surface area contributed by atoms with Gasteiger partial charge in [-0.2, -0.15) is 4.98 Å². The van der Waals surface area contributed by atoms with Crippen molar-refractivity contribution in [2.45, 2.75) is 45.2 Å². The van der Waals surface area contributed by atoms with Gasteiger partial charge in [-0.15, -0.1) is 0 Å². The summed E-state index contributed by atoms with van der Waals surface area (Å²) in [6.07, 6.45) is 2.16. The highest BCUT2D eigenvalue weighted by molar-refractivity contribution is 5.72. The van der Waals surface area contributed by atoms with Crippen LogP contribution in [0.1, 0.15) is 56.3 Å². The Hall–Kier alpha value is -2.21. The van der Waals surface area contributed by atoms with Crippen LogP contribution in [0.2, 0.25) is 0 Å². The van der Waals surface area contributed by atoms with Gasteiger partial charge in [0.1, 0.15) is 5.52 Å². The van der Waals surface area contributed by atoms with Crippen molar-refractivity contribution in [3.8, 4) is 0 Å². The summed E-state index contributed by atoms with van der Waals surface area (Å²) in [7, 11) is 0. The van der Waals surface area contributed by atoms with Gasteiger partial charge >= 0.3 is 0 Å². The van der Waals surface area contributed by atoms with Crippen LogP contribution in [0.4, 0.5) is 0 Å². The summed E-state index contributed by atoms with van der Waals surface area (Å²) < 4.78 is 11.2. The van der Waals surface area contributed by atoms with Crippen molar-refractivity contribution in [2.24, 2.45) is 0 Å². The standard InChI is InChI=1S/C17H20N4O2/c1-11(2)17-19-16(20-23-17)13-7-5-9-21(13)10-15-18-12-6-3-4-8-14(12)22-15/h3-4,6,8,11,13H,5,7,9-10H2,1-2H3. The second kappa shape index (κ2) is 5.77. The van der Waals surface area contributed by atoms with Gasteiger partial charge in [-0.25, -0.2) is 4.98 Å². The fourth-order valence-corrected chi connectivity index (χ4v) is 3.09. The van der Waals surface area contributed by atoms with Crippen molar-refractivity contribution in [3.05, 3.63) is 41.9 Å². The number of aromatic nitrogens is 3. The lowest BCUT2D eigenvalue weighted by atomic mass is 10.2. The Balaban J connectivity index is 1.55. The van der Waals surface area contributed by atoms with Crippen molar-refractivity contribution in [3.63, 3.8) is 0 Å². The van der Waals surface area contributed by atoms with Gasteiger partial charge in [-0.05, 0) is 31.5 Å². The summed E-state index contributed by atoms with van der Waals surface area (Å²) >= 11 is 0. The van der Waals surface area contributed by atoms with Gasteiger partial charge in [0.2, 0.25) is 11.8 Å². The van der Waals surface area contributed by atoms with E-state index < -0.39 is 0 Å². The molecule has 1 unspecified atom stereocenters. The first-order valence-electron chi connectivity index (χ1n) is 8.12. The molecule has 1 aliphatic heterocycles. The minimum Gasteiger partial charge on any atom is -0.439 e. The number of fused-ring (bicyclic) bond motifs is 1. The van der Waals surface area contributed by atoms with E-state index in [2.05, 4.69) is 33.9 Å². The third kappa shape index (κ3) is 2.74. The maximum absolute atomic E-state index is 5.84. The molecule has 0 radical (unpaired) electrons. The van der Waals surface area contributed by atoms with E-state index in [1.807, 2.05) is 24.3 Å². The van der Waals surface area contributed by atoms with Crippen LogP contribution in [0, 0.1) is 0 Å². The molecule has 3 aromatic rings. The molecule has 2 aromatic heterocycles. The molecule has 3 heterocycles. The SMILES string of the molecule is CC(C)c1nc(C2CCCN2Cc2nc3ccccc3o2)no1. The zero-order valence-corrected chi connectivity index (χ0v) is 13.4. The first-order chi connectivity index (χ1) is 11.2. The smallest absolute Gasteiger partial charge is 0.229 e. The summed E-state index contributed by atoms with van der Waals surface area (Å²) in [4.78, 5) is 11.4. The molecule has 1 saturated heterocycles. The van der Waals surface area contributed by atoms with E-state index in [0.717, 1.165) is 42.2 Å². The van der Waals surface area contributed by atoms with Crippen LogP contribution in [0.3, 0.4) is 0 Å². The molecule has 1 aromatic carbocycles. The van der Waals surface area contributed by atoms with Gasteiger partial charge < -0.3 is 8.94 Å². The van der Waals surface area contributed by atoms with Crippen LogP contribution >= 0.6 is 0 Å². The number of likely N-dealkylation sites (tertiary alicyclic amines) is 1. The molecule has 4 rings (SSSR count). The van der Waals surface area contributed by atoms with E-state index in [1.54, 1.807) is 0 Å². The fourth-order valence-electron chi connectivity index (χ4n) is 3.09. The van der Waals surface area contributed by atoms with E-state index in [-0.39, 0.29) is 12.0 Å². The van der Waals surface area contributed by atoms with Crippen molar-refractivity contribution in [1.29, 1.82) is 0 Å². The lowest BCUT2D eigenvalue weighted by molar-refractivity contribution is 0.214. The highest BCUT2D eigenvalue weighted by Gasteiger charge is 2.31. The number of benzene rings is 1. The van der Waals surface area contributed by atoms with E-state index in [4.69, 9.17) is 8.94 Å². The maximum Gasteiger partial charge on any atom is 0.229 e. The molecule has 6 heteroatoms. The predicted molar refractivity (Wildman–Crippen MR) is 84.8 cm³/mol. The van der Waals surface area contributed by atoms with Gasteiger partial charge in [-0.1, -0.05) is 31.1 Å². The lowest BCUT2D eigenvalue weighted by Crippen LogP contribution is -2.23. The number of hydrogen-bond donors (Lipinski definition) is 0. The van der Waals surface area contributed by atoms with Gasteiger partial charge in [0.25, 0.3) is 0 Å². The summed E-state index contributed by atoms with van der Waals surface area (Å²) in [5, 5.41) is 4.18. The zero-order chi connectivity index (χ0) is 15.8. The third-order valence-electron chi connectivity index (χ3n) is 4.29. The first kappa shape index (κ1) is 14.4. The minimum atomic E-state index is 0.182. The topological polar surface area (TPSA) is 68.2 Å². The Bertz CT molecular complexity index is 775. The Kier molecular flexibility index (Phi) is 3.61.